The Morgan fingerprint density at radius 3 is 2.56 bits per heavy atom. The molecule has 2 aliphatic rings. The van der Waals surface area contributed by atoms with Crippen molar-refractivity contribution in [3.63, 3.8) is 0 Å². The number of likely N-dealkylation sites (tertiary alicyclic amines) is 1. The molecule has 2 aromatic heterocycles. The van der Waals surface area contributed by atoms with Crippen LogP contribution in [0.3, 0.4) is 0 Å². The first kappa shape index (κ1) is 18.6. The van der Waals surface area contributed by atoms with Gasteiger partial charge < -0.3 is 5.11 Å². The SMILES string of the molecule is OCCn1ccc(C2CCCN(Cc3cnc(C4CCCCC4)nc3)C2)n1. The lowest BCUT2D eigenvalue weighted by atomic mass is 9.89. The molecule has 4 rings (SSSR count). The van der Waals surface area contributed by atoms with E-state index in [1.54, 1.807) is 0 Å². The average Bonchev–Trinajstić information content (AvgIpc) is 3.19. The van der Waals surface area contributed by atoms with Gasteiger partial charge in [-0.1, -0.05) is 19.3 Å². The molecule has 6 nitrogen and oxygen atoms in total. The second kappa shape index (κ2) is 8.93. The van der Waals surface area contributed by atoms with Crippen molar-refractivity contribution in [2.24, 2.45) is 0 Å². The van der Waals surface area contributed by atoms with E-state index in [-0.39, 0.29) is 6.61 Å². The summed E-state index contributed by atoms with van der Waals surface area (Å²) in [6.45, 7) is 3.77. The van der Waals surface area contributed by atoms with Gasteiger partial charge in [-0.05, 0) is 38.3 Å². The van der Waals surface area contributed by atoms with E-state index in [4.69, 9.17) is 15.1 Å². The molecule has 1 N–H and O–H groups in total. The fraction of sp³-hybridized carbons (Fsp3) is 0.667. The van der Waals surface area contributed by atoms with Crippen LogP contribution in [0.25, 0.3) is 0 Å². The Bertz CT molecular complexity index is 708. The van der Waals surface area contributed by atoms with Crippen molar-refractivity contribution in [2.75, 3.05) is 19.7 Å². The normalized spacial score (nSPS) is 22.2. The van der Waals surface area contributed by atoms with Crippen molar-refractivity contribution in [1.29, 1.82) is 0 Å². The Hall–Kier alpha value is -1.79. The lowest BCUT2D eigenvalue weighted by molar-refractivity contribution is 0.197. The summed E-state index contributed by atoms with van der Waals surface area (Å²) in [5.41, 5.74) is 2.36. The summed E-state index contributed by atoms with van der Waals surface area (Å²) < 4.78 is 1.84. The van der Waals surface area contributed by atoms with Crippen molar-refractivity contribution in [3.8, 4) is 0 Å². The zero-order valence-corrected chi connectivity index (χ0v) is 16.1. The van der Waals surface area contributed by atoms with Crippen molar-refractivity contribution in [1.82, 2.24) is 24.6 Å². The summed E-state index contributed by atoms with van der Waals surface area (Å²) >= 11 is 0. The molecule has 1 atom stereocenters. The van der Waals surface area contributed by atoms with Crippen LogP contribution in [0, 0.1) is 0 Å². The highest BCUT2D eigenvalue weighted by atomic mass is 16.3. The van der Waals surface area contributed by atoms with Crippen molar-refractivity contribution < 1.29 is 5.11 Å². The summed E-state index contributed by atoms with van der Waals surface area (Å²) in [6.07, 6.45) is 14.9. The maximum Gasteiger partial charge on any atom is 0.131 e. The first-order valence-electron chi connectivity index (χ1n) is 10.5. The van der Waals surface area contributed by atoms with Gasteiger partial charge in [0.25, 0.3) is 0 Å². The maximum atomic E-state index is 9.07. The van der Waals surface area contributed by atoms with Gasteiger partial charge in [-0.3, -0.25) is 9.58 Å². The Labute approximate surface area is 161 Å². The first-order chi connectivity index (χ1) is 13.3. The Morgan fingerprint density at radius 2 is 1.78 bits per heavy atom. The van der Waals surface area contributed by atoms with Crippen molar-refractivity contribution >= 4 is 0 Å². The van der Waals surface area contributed by atoms with E-state index in [9.17, 15) is 0 Å². The van der Waals surface area contributed by atoms with Gasteiger partial charge >= 0.3 is 0 Å². The van der Waals surface area contributed by atoms with E-state index in [0.29, 0.717) is 18.4 Å². The van der Waals surface area contributed by atoms with Crippen LogP contribution in [0.5, 0.6) is 0 Å². The minimum absolute atomic E-state index is 0.134. The molecule has 1 saturated carbocycles. The van der Waals surface area contributed by atoms with E-state index >= 15 is 0 Å². The Morgan fingerprint density at radius 1 is 1.00 bits per heavy atom. The fourth-order valence-corrected chi connectivity index (χ4v) is 4.54. The third-order valence-corrected chi connectivity index (χ3v) is 6.02. The highest BCUT2D eigenvalue weighted by Crippen LogP contribution is 2.30. The highest BCUT2D eigenvalue weighted by molar-refractivity contribution is 5.11. The van der Waals surface area contributed by atoms with E-state index in [1.807, 2.05) is 23.3 Å². The van der Waals surface area contributed by atoms with Gasteiger partial charge in [0.15, 0.2) is 0 Å². The number of nitrogens with zero attached hydrogens (tertiary/aromatic N) is 5. The topological polar surface area (TPSA) is 67.1 Å². The van der Waals surface area contributed by atoms with Crippen LogP contribution in [0.4, 0.5) is 0 Å². The summed E-state index contributed by atoms with van der Waals surface area (Å²) in [5.74, 6) is 2.09. The van der Waals surface area contributed by atoms with Gasteiger partial charge in [-0.2, -0.15) is 5.10 Å². The second-order valence-corrected chi connectivity index (χ2v) is 8.09. The zero-order valence-electron chi connectivity index (χ0n) is 16.1. The van der Waals surface area contributed by atoms with E-state index in [2.05, 4.69) is 16.1 Å². The predicted octanol–water partition coefficient (Wildman–Crippen LogP) is 3.09. The van der Waals surface area contributed by atoms with Crippen molar-refractivity contribution in [3.05, 3.63) is 41.7 Å². The van der Waals surface area contributed by atoms with Crippen LogP contribution in [-0.4, -0.2) is 49.5 Å². The van der Waals surface area contributed by atoms with E-state index < -0.39 is 0 Å². The molecule has 1 aliphatic heterocycles. The number of hydrogen-bond acceptors (Lipinski definition) is 5. The molecule has 1 aliphatic carbocycles. The molecule has 0 bridgehead atoms. The van der Waals surface area contributed by atoms with Crippen LogP contribution < -0.4 is 0 Å². The van der Waals surface area contributed by atoms with Crippen LogP contribution in [-0.2, 0) is 13.1 Å². The summed E-state index contributed by atoms with van der Waals surface area (Å²) in [6, 6.07) is 2.10. The molecule has 0 radical (unpaired) electrons. The van der Waals surface area contributed by atoms with Crippen LogP contribution in [0.15, 0.2) is 24.7 Å². The minimum atomic E-state index is 0.134. The molecule has 2 fully saturated rings. The molecule has 1 saturated heterocycles. The minimum Gasteiger partial charge on any atom is -0.394 e. The quantitative estimate of drug-likeness (QED) is 0.847. The zero-order chi connectivity index (χ0) is 18.5. The molecule has 6 heteroatoms. The lowest BCUT2D eigenvalue weighted by Gasteiger charge is -2.31. The number of rotatable bonds is 6. The smallest absolute Gasteiger partial charge is 0.131 e. The summed E-state index contributed by atoms with van der Waals surface area (Å²) in [5, 5.41) is 13.7. The number of aromatic nitrogens is 4. The molecular weight excluding hydrogens is 338 g/mol. The Balaban J connectivity index is 1.34. The van der Waals surface area contributed by atoms with Gasteiger partial charge in [0.05, 0.1) is 18.8 Å². The van der Waals surface area contributed by atoms with E-state index in [1.165, 1.54) is 50.5 Å². The maximum absolute atomic E-state index is 9.07. The molecule has 0 aromatic carbocycles. The number of aliphatic hydroxyl groups excluding tert-OH is 1. The van der Waals surface area contributed by atoms with Crippen LogP contribution in [0.2, 0.25) is 0 Å². The largest absolute Gasteiger partial charge is 0.394 e. The standard InChI is InChI=1S/C21H31N5O/c27-12-11-26-10-8-20(24-26)19-7-4-9-25(16-19)15-17-13-22-21(23-14-17)18-5-2-1-3-6-18/h8,10,13-14,18-19,27H,1-7,9,11-12,15-16H2. The molecule has 3 heterocycles. The Kier molecular flexibility index (Phi) is 6.14. The molecule has 0 amide bonds. The summed E-state index contributed by atoms with van der Waals surface area (Å²) in [4.78, 5) is 11.9. The number of aliphatic hydroxyl groups is 1. The summed E-state index contributed by atoms with van der Waals surface area (Å²) in [7, 11) is 0. The predicted molar refractivity (Wildman–Crippen MR) is 104 cm³/mol. The lowest BCUT2D eigenvalue weighted by Crippen LogP contribution is -2.34. The molecule has 27 heavy (non-hydrogen) atoms. The second-order valence-electron chi connectivity index (χ2n) is 8.09. The third-order valence-electron chi connectivity index (χ3n) is 6.02. The molecule has 0 spiro atoms. The third kappa shape index (κ3) is 4.74. The molecule has 2 aromatic rings. The molecular formula is C21H31N5O. The van der Waals surface area contributed by atoms with Crippen molar-refractivity contribution in [2.45, 2.75) is 69.9 Å². The molecule has 1 unspecified atom stereocenters. The van der Waals surface area contributed by atoms with Crippen LogP contribution in [0.1, 0.15) is 73.9 Å². The number of piperidine rings is 1. The first-order valence-corrected chi connectivity index (χ1v) is 10.5. The monoisotopic (exact) mass is 369 g/mol. The highest BCUT2D eigenvalue weighted by Gasteiger charge is 2.24. The van der Waals surface area contributed by atoms with Gasteiger partial charge in [0.2, 0.25) is 0 Å². The fourth-order valence-electron chi connectivity index (χ4n) is 4.54. The average molecular weight is 370 g/mol. The number of hydrogen-bond donors (Lipinski definition) is 1. The van der Waals surface area contributed by atoms with Gasteiger partial charge in [0, 0.05) is 49.1 Å². The van der Waals surface area contributed by atoms with Crippen LogP contribution >= 0.6 is 0 Å². The molecule has 146 valence electrons. The van der Waals surface area contributed by atoms with Gasteiger partial charge in [0.1, 0.15) is 5.82 Å². The van der Waals surface area contributed by atoms with Gasteiger partial charge in [-0.25, -0.2) is 9.97 Å². The van der Waals surface area contributed by atoms with E-state index in [0.717, 1.165) is 31.2 Å². The van der Waals surface area contributed by atoms with Gasteiger partial charge in [-0.15, -0.1) is 0 Å².